The van der Waals surface area contributed by atoms with Gasteiger partial charge in [0.15, 0.2) is 0 Å². The van der Waals surface area contributed by atoms with Crippen molar-refractivity contribution >= 4 is 15.9 Å². The summed E-state index contributed by atoms with van der Waals surface area (Å²) in [5.41, 5.74) is 0. The maximum atomic E-state index is 5.54. The van der Waals surface area contributed by atoms with Gasteiger partial charge in [0.1, 0.15) is 13.2 Å². The lowest BCUT2D eigenvalue weighted by molar-refractivity contribution is 0.00345. The molecule has 2 rings (SSSR count). The van der Waals surface area contributed by atoms with Crippen LogP contribution in [0.4, 0.5) is 0 Å². The standard InChI is InChI=1S/C13H18BrNO5/c14-11-1-2-12-15-13(11)20-10-8-18-6-4-16-3-5-17-7-9-19-12/h1-2H,3-10H2. The van der Waals surface area contributed by atoms with Crippen molar-refractivity contribution in [3.8, 4) is 11.8 Å². The quantitative estimate of drug-likeness (QED) is 0.711. The highest BCUT2D eigenvalue weighted by atomic mass is 79.9. The number of fused-ring (bicyclic) bond motifs is 2. The minimum Gasteiger partial charge on any atom is -0.475 e. The molecule has 0 N–H and O–H groups in total. The van der Waals surface area contributed by atoms with Crippen LogP contribution < -0.4 is 9.47 Å². The summed E-state index contributed by atoms with van der Waals surface area (Å²) in [6.07, 6.45) is 0. The predicted molar refractivity (Wildman–Crippen MR) is 75.4 cm³/mol. The summed E-state index contributed by atoms with van der Waals surface area (Å²) >= 11 is 3.39. The van der Waals surface area contributed by atoms with Gasteiger partial charge in [0.05, 0.1) is 44.1 Å². The topological polar surface area (TPSA) is 59.0 Å². The molecule has 1 aromatic heterocycles. The molecule has 6 nitrogen and oxygen atoms in total. The lowest BCUT2D eigenvalue weighted by atomic mass is 10.5. The third kappa shape index (κ3) is 5.62. The highest BCUT2D eigenvalue weighted by Crippen LogP contribution is 2.25. The van der Waals surface area contributed by atoms with Crippen molar-refractivity contribution in [1.82, 2.24) is 4.98 Å². The first-order valence-corrected chi connectivity index (χ1v) is 7.31. The molecule has 1 aromatic rings. The van der Waals surface area contributed by atoms with Gasteiger partial charge in [0, 0.05) is 6.07 Å². The molecule has 0 aromatic carbocycles. The van der Waals surface area contributed by atoms with E-state index < -0.39 is 0 Å². The van der Waals surface area contributed by atoms with Gasteiger partial charge < -0.3 is 23.7 Å². The second-order valence-electron chi connectivity index (χ2n) is 3.97. The third-order valence-corrected chi connectivity index (χ3v) is 3.08. The minimum atomic E-state index is 0.429. The van der Waals surface area contributed by atoms with Crippen LogP contribution in [-0.4, -0.2) is 57.8 Å². The fraction of sp³-hybridized carbons (Fsp3) is 0.615. The van der Waals surface area contributed by atoms with E-state index in [0.29, 0.717) is 64.6 Å². The molecule has 112 valence electrons. The van der Waals surface area contributed by atoms with Gasteiger partial charge in [-0.25, -0.2) is 0 Å². The van der Waals surface area contributed by atoms with Crippen molar-refractivity contribution in [2.45, 2.75) is 0 Å². The number of ether oxygens (including phenoxy) is 5. The minimum absolute atomic E-state index is 0.429. The van der Waals surface area contributed by atoms with Crippen LogP contribution in [0.15, 0.2) is 16.6 Å². The molecule has 0 saturated carbocycles. The summed E-state index contributed by atoms with van der Waals surface area (Å²) in [5, 5.41) is 0. The molecule has 0 fully saturated rings. The van der Waals surface area contributed by atoms with E-state index in [9.17, 15) is 0 Å². The molecule has 1 aliphatic rings. The molecule has 0 aliphatic carbocycles. The smallest absolute Gasteiger partial charge is 0.231 e. The first kappa shape index (κ1) is 15.5. The largest absolute Gasteiger partial charge is 0.475 e. The Bertz CT molecular complexity index is 404. The van der Waals surface area contributed by atoms with Crippen LogP contribution in [-0.2, 0) is 14.2 Å². The summed E-state index contributed by atoms with van der Waals surface area (Å²) in [4.78, 5) is 4.27. The Morgan fingerprint density at radius 3 is 1.95 bits per heavy atom. The molecule has 20 heavy (non-hydrogen) atoms. The molecule has 0 amide bonds. The Morgan fingerprint density at radius 2 is 1.30 bits per heavy atom. The van der Waals surface area contributed by atoms with Gasteiger partial charge in [-0.1, -0.05) is 0 Å². The number of aromatic nitrogens is 1. The molecule has 0 saturated heterocycles. The fourth-order valence-corrected chi connectivity index (χ4v) is 1.87. The highest BCUT2D eigenvalue weighted by molar-refractivity contribution is 9.10. The normalized spacial score (nSPS) is 18.9. The van der Waals surface area contributed by atoms with Crippen molar-refractivity contribution in [2.24, 2.45) is 0 Å². The van der Waals surface area contributed by atoms with Crippen LogP contribution in [0.2, 0.25) is 0 Å². The average molecular weight is 348 g/mol. The Kier molecular flexibility index (Phi) is 7.07. The van der Waals surface area contributed by atoms with Crippen LogP contribution >= 0.6 is 15.9 Å². The van der Waals surface area contributed by atoms with Gasteiger partial charge in [-0.05, 0) is 22.0 Å². The number of hydrogen-bond acceptors (Lipinski definition) is 6. The Hall–Kier alpha value is -0.890. The van der Waals surface area contributed by atoms with Crippen molar-refractivity contribution in [3.05, 3.63) is 16.6 Å². The summed E-state index contributed by atoms with van der Waals surface area (Å²) < 4.78 is 27.9. The molecule has 2 bridgehead atoms. The molecule has 0 spiro atoms. The zero-order valence-corrected chi connectivity index (χ0v) is 12.8. The van der Waals surface area contributed by atoms with Crippen LogP contribution in [0.25, 0.3) is 0 Å². The van der Waals surface area contributed by atoms with Crippen LogP contribution in [0.5, 0.6) is 11.8 Å². The molecule has 7 heteroatoms. The SMILES string of the molecule is Brc1ccc2nc1OCCOCCOCCOCCO2. The molecule has 1 aliphatic heterocycles. The second kappa shape index (κ2) is 9.12. The van der Waals surface area contributed by atoms with E-state index in [0.717, 1.165) is 4.47 Å². The van der Waals surface area contributed by atoms with Crippen molar-refractivity contribution < 1.29 is 23.7 Å². The second-order valence-corrected chi connectivity index (χ2v) is 4.82. The lowest BCUT2D eigenvalue weighted by Gasteiger charge is -2.12. The van der Waals surface area contributed by atoms with Gasteiger partial charge in [0.25, 0.3) is 0 Å². The molecular formula is C13H18BrNO5. The van der Waals surface area contributed by atoms with Crippen molar-refractivity contribution in [3.63, 3.8) is 0 Å². The van der Waals surface area contributed by atoms with E-state index in [1.165, 1.54) is 0 Å². The van der Waals surface area contributed by atoms with E-state index in [4.69, 9.17) is 23.7 Å². The van der Waals surface area contributed by atoms with Gasteiger partial charge in [0.2, 0.25) is 11.8 Å². The number of halogens is 1. The summed E-state index contributed by atoms with van der Waals surface area (Å²) in [7, 11) is 0. The maximum absolute atomic E-state index is 5.54. The monoisotopic (exact) mass is 347 g/mol. The van der Waals surface area contributed by atoms with Crippen LogP contribution in [0.3, 0.4) is 0 Å². The zero-order chi connectivity index (χ0) is 14.0. The molecular weight excluding hydrogens is 330 g/mol. The van der Waals surface area contributed by atoms with Crippen LogP contribution in [0, 0.1) is 0 Å². The third-order valence-electron chi connectivity index (χ3n) is 2.48. The van der Waals surface area contributed by atoms with E-state index in [1.54, 1.807) is 6.07 Å². The van der Waals surface area contributed by atoms with Crippen LogP contribution in [0.1, 0.15) is 0 Å². The average Bonchev–Trinajstić information content (AvgIpc) is 2.45. The Morgan fingerprint density at radius 1 is 0.750 bits per heavy atom. The fourth-order valence-electron chi connectivity index (χ4n) is 1.53. The summed E-state index contributed by atoms with van der Waals surface area (Å²) in [6.45, 7) is 4.05. The Balaban J connectivity index is 1.91. The highest BCUT2D eigenvalue weighted by Gasteiger charge is 2.06. The number of nitrogens with zero attached hydrogens (tertiary/aromatic N) is 1. The van der Waals surface area contributed by atoms with Crippen molar-refractivity contribution in [1.29, 1.82) is 0 Å². The number of pyridine rings is 1. The van der Waals surface area contributed by atoms with E-state index >= 15 is 0 Å². The molecule has 0 radical (unpaired) electrons. The van der Waals surface area contributed by atoms with Gasteiger partial charge in [-0.2, -0.15) is 4.98 Å². The van der Waals surface area contributed by atoms with Crippen molar-refractivity contribution in [2.75, 3.05) is 52.9 Å². The van der Waals surface area contributed by atoms with E-state index in [-0.39, 0.29) is 0 Å². The van der Waals surface area contributed by atoms with E-state index in [1.807, 2.05) is 6.07 Å². The number of hydrogen-bond donors (Lipinski definition) is 0. The maximum Gasteiger partial charge on any atom is 0.231 e. The predicted octanol–water partition coefficient (Wildman–Crippen LogP) is 1.67. The molecule has 0 atom stereocenters. The molecule has 2 heterocycles. The molecule has 0 unspecified atom stereocenters. The summed E-state index contributed by atoms with van der Waals surface area (Å²) in [5.74, 6) is 1.01. The number of rotatable bonds is 0. The first-order valence-electron chi connectivity index (χ1n) is 6.51. The lowest BCUT2D eigenvalue weighted by Crippen LogP contribution is -2.15. The van der Waals surface area contributed by atoms with Gasteiger partial charge in [-0.3, -0.25) is 0 Å². The zero-order valence-electron chi connectivity index (χ0n) is 11.2. The Labute approximate surface area is 126 Å². The van der Waals surface area contributed by atoms with E-state index in [2.05, 4.69) is 20.9 Å². The van der Waals surface area contributed by atoms with Gasteiger partial charge >= 0.3 is 0 Å². The van der Waals surface area contributed by atoms with Gasteiger partial charge in [-0.15, -0.1) is 0 Å². The summed E-state index contributed by atoms with van der Waals surface area (Å²) in [6, 6.07) is 3.62. The first-order chi connectivity index (χ1) is 9.86.